The van der Waals surface area contributed by atoms with Gasteiger partial charge in [-0.15, -0.1) is 0 Å². The topological polar surface area (TPSA) is 889 Å². The van der Waals surface area contributed by atoms with E-state index < -0.39 is 336 Å². The molecule has 142 heavy (non-hydrogen) atoms. The fraction of sp³-hybridized carbons (Fsp3) is 0.471. The number of carboxylic acid groups (broad SMARTS) is 4. The number of hydrogen-bond acceptors (Lipinski definition) is 29. The summed E-state index contributed by atoms with van der Waals surface area (Å²) in [6.07, 6.45) is -3.32. The summed E-state index contributed by atoms with van der Waals surface area (Å²) in [7, 11) is 0. The average molecular weight is 2000 g/mol. The molecule has 33 N–H and O–H groups in total. The molecule has 774 valence electrons. The highest BCUT2D eigenvalue weighted by molar-refractivity contribution is 6.02. The number of amides is 21. The van der Waals surface area contributed by atoms with Gasteiger partial charge in [-0.25, -0.2) is 9.78 Å². The minimum absolute atomic E-state index is 0.0706. The SMILES string of the molecule is CC(C)[C@H](NC(=O)CNC(=O)[C@H](Cc1ccccc1)NC(=O)[C@H](CCC(N)=O)NC(=O)[C@H](Cc1c[nH]cn1)NC(=O)[C@@H](N)Cc1ccccc1)C(=O)N[C@@H](CCC(=O)O)C(=O)N[C@@H](C)C(=O)N[C@@H](CCCCN)C(=O)N[C@@H](CC(=O)O)C(=O)NCC(=O)NCC(=O)NCC(=O)NCC(=O)NCC(=O)N[C@@H](CC(=O)O)C(=O)N[C@@H](CCC(N)=O)C(=O)N[C@@H](CO)C(=O)NCC(=O)N[C@@H](Cc1ccccc1)C(=O)O. The number of unbranched alkanes of at least 4 members (excludes halogenated alkanes) is 1. The van der Waals surface area contributed by atoms with Crippen LogP contribution in [0.2, 0.25) is 0 Å². The molecule has 55 heteroatoms. The molecule has 1 aromatic heterocycles. The second-order valence-electron chi connectivity index (χ2n) is 32.4. The van der Waals surface area contributed by atoms with Gasteiger partial charge in [0.25, 0.3) is 0 Å². The monoisotopic (exact) mass is 2000 g/mol. The van der Waals surface area contributed by atoms with Crippen molar-refractivity contribution in [2.24, 2.45) is 28.9 Å². The lowest BCUT2D eigenvalue weighted by atomic mass is 10.0. The number of hydrogen-bond donors (Lipinski definition) is 29. The summed E-state index contributed by atoms with van der Waals surface area (Å²) in [5.41, 5.74) is 24.7. The normalized spacial score (nSPS) is 13.5. The van der Waals surface area contributed by atoms with Gasteiger partial charge in [0.1, 0.15) is 72.5 Å². The maximum absolute atomic E-state index is 14.3. The highest BCUT2D eigenvalue weighted by Gasteiger charge is 2.38. The third kappa shape index (κ3) is 46.6. The number of aliphatic carboxylic acids is 4. The average Bonchev–Trinajstić information content (AvgIpc) is 1.45. The molecular weight excluding hydrogens is 1880 g/mol. The molecule has 0 aliphatic carbocycles. The van der Waals surface area contributed by atoms with Crippen molar-refractivity contribution in [1.29, 1.82) is 0 Å². The first-order valence-electron chi connectivity index (χ1n) is 44.4. The molecule has 13 atom stereocenters. The predicted octanol–water partition coefficient (Wildman–Crippen LogP) is -12.1. The molecule has 4 aromatic rings. The van der Waals surface area contributed by atoms with Crippen molar-refractivity contribution in [2.75, 3.05) is 59.0 Å². The van der Waals surface area contributed by atoms with Crippen molar-refractivity contribution in [3.63, 3.8) is 0 Å². The van der Waals surface area contributed by atoms with Crippen LogP contribution in [-0.4, -0.2) is 321 Å². The smallest absolute Gasteiger partial charge is 0.326 e. The van der Waals surface area contributed by atoms with Gasteiger partial charge < -0.3 is 154 Å². The van der Waals surface area contributed by atoms with E-state index in [2.05, 4.69) is 100 Å². The minimum atomic E-state index is -2.02. The summed E-state index contributed by atoms with van der Waals surface area (Å²) >= 11 is 0. The molecule has 0 spiro atoms. The fourth-order valence-electron chi connectivity index (χ4n) is 12.9. The van der Waals surface area contributed by atoms with E-state index >= 15 is 0 Å². The van der Waals surface area contributed by atoms with Gasteiger partial charge >= 0.3 is 23.9 Å². The Morgan fingerprint density at radius 1 is 0.331 bits per heavy atom. The number of nitrogens with two attached hydrogens (primary N) is 4. The number of carbonyl (C=O) groups excluding carboxylic acids is 21. The van der Waals surface area contributed by atoms with E-state index in [0.29, 0.717) is 16.8 Å². The molecule has 0 saturated heterocycles. The molecule has 55 nitrogen and oxygen atoms in total. The number of H-pyrrole nitrogens is 1. The van der Waals surface area contributed by atoms with Crippen LogP contribution in [0.5, 0.6) is 0 Å². The zero-order chi connectivity index (χ0) is 106. The van der Waals surface area contributed by atoms with Crippen LogP contribution >= 0.6 is 0 Å². The Balaban J connectivity index is 1.30. The molecule has 0 bridgehead atoms. The number of rotatable bonds is 66. The van der Waals surface area contributed by atoms with E-state index in [1.54, 1.807) is 91.0 Å². The summed E-state index contributed by atoms with van der Waals surface area (Å²) < 4.78 is 0. The van der Waals surface area contributed by atoms with E-state index in [1.165, 1.54) is 26.4 Å². The molecule has 0 saturated carbocycles. The van der Waals surface area contributed by atoms with E-state index in [4.69, 9.17) is 22.9 Å². The van der Waals surface area contributed by atoms with Crippen LogP contribution in [0, 0.1) is 5.92 Å². The maximum Gasteiger partial charge on any atom is 0.326 e. The van der Waals surface area contributed by atoms with Crippen molar-refractivity contribution in [3.8, 4) is 0 Å². The lowest BCUT2D eigenvalue weighted by Crippen LogP contribution is -2.60. The van der Waals surface area contributed by atoms with E-state index in [0.717, 1.165) is 12.5 Å². The molecule has 0 unspecified atom stereocenters. The number of carboxylic acids is 4. The molecule has 0 aliphatic rings. The van der Waals surface area contributed by atoms with Crippen molar-refractivity contribution >= 4 is 148 Å². The third-order valence-corrected chi connectivity index (χ3v) is 20.5. The van der Waals surface area contributed by atoms with Gasteiger partial charge in [0.05, 0.1) is 83.3 Å². The summed E-state index contributed by atoms with van der Waals surface area (Å²) in [4.78, 5) is 334. The summed E-state index contributed by atoms with van der Waals surface area (Å²) in [5, 5.41) is 91.2. The Morgan fingerprint density at radius 2 is 0.669 bits per heavy atom. The Kier molecular flexibility index (Phi) is 51.7. The van der Waals surface area contributed by atoms with Gasteiger partial charge in [0.2, 0.25) is 124 Å². The van der Waals surface area contributed by atoms with Crippen LogP contribution in [0.15, 0.2) is 104 Å². The standard InChI is InChI=1S/C87H121N25O30/c1-45(2)74(112-70(122)42-98-77(131)56(30-48-17-9-5-10-18-48)109-82(136)53(22-25-62(90)114)105-84(138)57(32-50-35-92-44-100-50)108-76(130)51(89)29-47-15-7-4-8-16-47)86(140)107-55(24-27-71(123)124)80(134)101-46(3)75(129)104-52(21-13-14-28-88)81(135)110-58(33-72(125)126)78(132)97-39-67(119)95-37-65(117)93-36-64(116)94-38-66(118)96-40-68(120)102-59(34-73(127)128)85(139)106-54(23-26-63(91)115)83(137)111-61(43-113)79(133)99-41-69(121)103-60(87(141)142)31-49-19-11-6-12-20-49/h4-12,15-20,35,44-46,51-61,74,113H,13-14,21-34,36-43,88-89H2,1-3H3,(H2,90,114)(H2,91,115)(H,92,100)(H,93,117)(H,94,116)(H,95,119)(H,96,118)(H,97,132)(H,98,131)(H,99,133)(H,101,134)(H,102,120)(H,103,121)(H,104,129)(H,105,138)(H,106,139)(H,107,140)(H,108,130)(H,109,136)(H,110,135)(H,111,137)(H,112,122)(H,123,124)(H,125,126)(H,127,128)(H,141,142)/t46-,51-,52-,53-,54-,55-,56-,57-,58-,59-,60-,61-,74-/m0/s1. The first kappa shape index (κ1) is 118. The molecule has 3 aromatic carbocycles. The highest BCUT2D eigenvalue weighted by Crippen LogP contribution is 2.14. The second kappa shape index (κ2) is 62.4. The molecule has 4 rings (SSSR count). The van der Waals surface area contributed by atoms with Crippen molar-refractivity contribution in [2.45, 2.75) is 196 Å². The number of carbonyl (C=O) groups is 25. The highest BCUT2D eigenvalue weighted by atomic mass is 16.4. The van der Waals surface area contributed by atoms with Gasteiger partial charge in [-0.2, -0.15) is 0 Å². The van der Waals surface area contributed by atoms with Crippen LogP contribution in [0.1, 0.15) is 114 Å². The number of nitrogens with one attached hydrogen (secondary N) is 20. The Bertz CT molecular complexity index is 5060. The molecule has 21 amide bonds. The van der Waals surface area contributed by atoms with Gasteiger partial charge in [-0.05, 0) is 81.0 Å². The van der Waals surface area contributed by atoms with Crippen LogP contribution in [0.4, 0.5) is 0 Å². The summed E-state index contributed by atoms with van der Waals surface area (Å²) in [5.74, 6) is -29.7. The molecule has 0 fully saturated rings. The zero-order valence-electron chi connectivity index (χ0n) is 77.6. The number of aliphatic hydroxyl groups excluding tert-OH is 1. The summed E-state index contributed by atoms with van der Waals surface area (Å²) in [6.45, 7) is -3.27. The van der Waals surface area contributed by atoms with Crippen molar-refractivity contribution in [3.05, 3.63) is 126 Å². The van der Waals surface area contributed by atoms with E-state index in [1.807, 2.05) is 10.6 Å². The first-order valence-corrected chi connectivity index (χ1v) is 44.4. The molecular formula is C87H121N25O30. The number of benzene rings is 3. The number of aliphatic hydroxyl groups is 1. The van der Waals surface area contributed by atoms with Crippen LogP contribution < -0.4 is 124 Å². The van der Waals surface area contributed by atoms with Crippen LogP contribution in [-0.2, 0) is 146 Å². The minimum Gasteiger partial charge on any atom is -0.481 e. The van der Waals surface area contributed by atoms with Crippen LogP contribution in [0.3, 0.4) is 0 Å². The number of primary amides is 2. The summed E-state index contributed by atoms with van der Waals surface area (Å²) in [6, 6.07) is 3.82. The fourth-order valence-corrected chi connectivity index (χ4v) is 12.9. The largest absolute Gasteiger partial charge is 0.481 e. The van der Waals surface area contributed by atoms with Crippen molar-refractivity contribution in [1.82, 2.24) is 111 Å². The van der Waals surface area contributed by atoms with Gasteiger partial charge in [0.15, 0.2) is 0 Å². The van der Waals surface area contributed by atoms with E-state index in [9.17, 15) is 145 Å². The lowest BCUT2D eigenvalue weighted by Gasteiger charge is -2.27. The first-order chi connectivity index (χ1) is 67.2. The van der Waals surface area contributed by atoms with Crippen molar-refractivity contribution < 1.29 is 145 Å². The number of nitrogens with zero attached hydrogens (tertiary/aromatic N) is 1. The predicted molar refractivity (Wildman–Crippen MR) is 491 cm³/mol. The molecule has 0 radical (unpaired) electrons. The molecule has 1 heterocycles. The number of imidazole rings is 1. The Hall–Kier alpha value is -16.5. The third-order valence-electron chi connectivity index (χ3n) is 20.5. The van der Waals surface area contributed by atoms with Gasteiger partial charge in [-0.3, -0.25) is 115 Å². The zero-order valence-corrected chi connectivity index (χ0v) is 77.6. The Morgan fingerprint density at radius 3 is 1.10 bits per heavy atom. The maximum atomic E-state index is 14.3. The number of aromatic nitrogens is 2. The molecule has 0 aliphatic heterocycles. The quantitative estimate of drug-likeness (QED) is 0.0183. The van der Waals surface area contributed by atoms with Crippen LogP contribution in [0.25, 0.3) is 0 Å². The Labute approximate surface area is 810 Å². The number of aromatic amines is 1. The lowest BCUT2D eigenvalue weighted by molar-refractivity contribution is -0.142. The van der Waals surface area contributed by atoms with Gasteiger partial charge in [0, 0.05) is 44.7 Å². The van der Waals surface area contributed by atoms with Gasteiger partial charge in [-0.1, -0.05) is 105 Å². The second-order valence-corrected chi connectivity index (χ2v) is 32.4. The van der Waals surface area contributed by atoms with E-state index in [-0.39, 0.29) is 51.5 Å².